The van der Waals surface area contributed by atoms with Crippen LogP contribution in [0.15, 0.2) is 33.7 Å². The van der Waals surface area contributed by atoms with Gasteiger partial charge in [-0.3, -0.25) is 9.13 Å². The van der Waals surface area contributed by atoms with Crippen molar-refractivity contribution in [3.8, 4) is 5.88 Å². The van der Waals surface area contributed by atoms with Crippen molar-refractivity contribution in [3.05, 3.63) is 49.9 Å². The molecule has 1 aromatic carbocycles. The Morgan fingerprint density at radius 1 is 1.47 bits per heavy atom. The van der Waals surface area contributed by atoms with Crippen LogP contribution in [0.3, 0.4) is 0 Å². The van der Waals surface area contributed by atoms with Crippen molar-refractivity contribution in [2.75, 3.05) is 0 Å². The van der Waals surface area contributed by atoms with E-state index in [1.165, 1.54) is 15.3 Å². The van der Waals surface area contributed by atoms with Crippen molar-refractivity contribution in [1.29, 1.82) is 0 Å². The van der Waals surface area contributed by atoms with E-state index in [2.05, 4.69) is 15.9 Å². The van der Waals surface area contributed by atoms with Gasteiger partial charge in [0.15, 0.2) is 0 Å². The molecule has 1 heterocycles. The number of nitrogens with zero attached hydrogens (tertiary/aromatic N) is 2. The summed E-state index contributed by atoms with van der Waals surface area (Å²) < 4.78 is 3.45. The maximum absolute atomic E-state index is 11.7. The minimum Gasteiger partial charge on any atom is -0.493 e. The van der Waals surface area contributed by atoms with Crippen LogP contribution in [0.1, 0.15) is 5.56 Å². The van der Waals surface area contributed by atoms with Gasteiger partial charge in [-0.15, -0.1) is 0 Å². The van der Waals surface area contributed by atoms with E-state index < -0.39 is 0 Å². The number of hydrogen-bond acceptors (Lipinski definition) is 2. The lowest BCUT2D eigenvalue weighted by Gasteiger charge is -2.06. The fraction of sp³-hybridized carbons (Fsp3) is 0.182. The van der Waals surface area contributed by atoms with Crippen LogP contribution in [0.2, 0.25) is 5.02 Å². The van der Waals surface area contributed by atoms with Gasteiger partial charge in [-0.25, -0.2) is 4.79 Å². The molecular weight excluding hydrogens is 307 g/mol. The number of halogens is 2. The molecule has 2 rings (SSSR count). The summed E-state index contributed by atoms with van der Waals surface area (Å²) in [6, 6.07) is 5.32. The zero-order valence-corrected chi connectivity index (χ0v) is 11.4. The van der Waals surface area contributed by atoms with Crippen LogP contribution in [0, 0.1) is 0 Å². The van der Waals surface area contributed by atoms with Gasteiger partial charge in [-0.1, -0.05) is 27.5 Å². The van der Waals surface area contributed by atoms with Gasteiger partial charge in [-0.2, -0.15) is 0 Å². The van der Waals surface area contributed by atoms with Crippen molar-refractivity contribution in [1.82, 2.24) is 9.13 Å². The normalized spacial score (nSPS) is 10.8. The van der Waals surface area contributed by atoms with Crippen molar-refractivity contribution < 1.29 is 5.11 Å². The average Bonchev–Trinajstić information content (AvgIpc) is 2.50. The molecular formula is C11H10BrClN2O2. The highest BCUT2D eigenvalue weighted by atomic mass is 79.9. The van der Waals surface area contributed by atoms with E-state index in [-0.39, 0.29) is 18.1 Å². The Kier molecular flexibility index (Phi) is 3.31. The van der Waals surface area contributed by atoms with Crippen LogP contribution in [-0.4, -0.2) is 14.2 Å². The second-order valence-electron chi connectivity index (χ2n) is 3.70. The fourth-order valence-corrected chi connectivity index (χ4v) is 2.14. The van der Waals surface area contributed by atoms with Crippen molar-refractivity contribution >= 4 is 27.5 Å². The number of aryl methyl sites for hydroxylation is 1. The molecule has 17 heavy (non-hydrogen) atoms. The van der Waals surface area contributed by atoms with E-state index >= 15 is 0 Å². The van der Waals surface area contributed by atoms with Gasteiger partial charge in [0.2, 0.25) is 5.88 Å². The Labute approximate surface area is 111 Å². The van der Waals surface area contributed by atoms with Gasteiger partial charge >= 0.3 is 5.69 Å². The molecule has 2 aromatic rings. The van der Waals surface area contributed by atoms with Gasteiger partial charge in [0.1, 0.15) is 0 Å². The Balaban J connectivity index is 2.44. The Morgan fingerprint density at radius 2 is 2.18 bits per heavy atom. The molecule has 0 radical (unpaired) electrons. The van der Waals surface area contributed by atoms with Crippen LogP contribution < -0.4 is 5.69 Å². The van der Waals surface area contributed by atoms with Crippen LogP contribution in [-0.2, 0) is 13.6 Å². The number of aromatic hydroxyl groups is 1. The van der Waals surface area contributed by atoms with Crippen molar-refractivity contribution in [2.45, 2.75) is 6.54 Å². The van der Waals surface area contributed by atoms with Crippen molar-refractivity contribution in [3.63, 3.8) is 0 Å². The lowest BCUT2D eigenvalue weighted by molar-refractivity contribution is 0.421. The third kappa shape index (κ3) is 2.40. The molecule has 6 heteroatoms. The predicted molar refractivity (Wildman–Crippen MR) is 69.6 cm³/mol. The summed E-state index contributed by atoms with van der Waals surface area (Å²) in [4.78, 5) is 11.7. The molecule has 0 bridgehead atoms. The monoisotopic (exact) mass is 316 g/mol. The first-order valence-electron chi connectivity index (χ1n) is 4.88. The van der Waals surface area contributed by atoms with Crippen LogP contribution >= 0.6 is 27.5 Å². The molecule has 4 nitrogen and oxygen atoms in total. The molecule has 0 aliphatic heterocycles. The number of benzene rings is 1. The molecule has 0 atom stereocenters. The predicted octanol–water partition coefficient (Wildman–Crippen LogP) is 2.36. The number of imidazole rings is 1. The molecule has 0 amide bonds. The molecule has 1 N–H and O–H groups in total. The first kappa shape index (κ1) is 12.3. The van der Waals surface area contributed by atoms with Gasteiger partial charge in [0.05, 0.1) is 12.7 Å². The minimum atomic E-state index is -0.269. The number of rotatable bonds is 2. The molecule has 0 spiro atoms. The van der Waals surface area contributed by atoms with E-state index in [1.54, 1.807) is 19.2 Å². The fourth-order valence-electron chi connectivity index (χ4n) is 1.57. The number of aromatic nitrogens is 2. The molecule has 90 valence electrons. The summed E-state index contributed by atoms with van der Waals surface area (Å²) in [5, 5.41) is 10.2. The molecule has 0 aliphatic carbocycles. The van der Waals surface area contributed by atoms with E-state index in [0.717, 1.165) is 10.0 Å². The highest BCUT2D eigenvalue weighted by molar-refractivity contribution is 9.10. The molecule has 0 fully saturated rings. The van der Waals surface area contributed by atoms with Gasteiger partial charge in [-0.05, 0) is 23.8 Å². The smallest absolute Gasteiger partial charge is 0.331 e. The third-order valence-electron chi connectivity index (χ3n) is 2.45. The lowest BCUT2D eigenvalue weighted by Crippen LogP contribution is -2.22. The summed E-state index contributed by atoms with van der Waals surface area (Å²) in [7, 11) is 1.59. The van der Waals surface area contributed by atoms with Gasteiger partial charge in [0, 0.05) is 16.5 Å². The summed E-state index contributed by atoms with van der Waals surface area (Å²) in [5.41, 5.74) is 0.565. The van der Waals surface area contributed by atoms with E-state index in [9.17, 15) is 9.90 Å². The summed E-state index contributed by atoms with van der Waals surface area (Å²) in [5.74, 6) is -0.0654. The average molecular weight is 318 g/mol. The Bertz CT molecular complexity index is 618. The second kappa shape index (κ2) is 4.58. The van der Waals surface area contributed by atoms with Gasteiger partial charge in [0.25, 0.3) is 0 Å². The summed E-state index contributed by atoms with van der Waals surface area (Å²) >= 11 is 9.27. The topological polar surface area (TPSA) is 47.2 Å². The third-order valence-corrected chi connectivity index (χ3v) is 3.46. The molecule has 0 unspecified atom stereocenters. The summed E-state index contributed by atoms with van der Waals surface area (Å²) in [6.07, 6.45) is 1.38. The van der Waals surface area contributed by atoms with Crippen LogP contribution in [0.4, 0.5) is 0 Å². The largest absolute Gasteiger partial charge is 0.493 e. The van der Waals surface area contributed by atoms with E-state index in [4.69, 9.17) is 11.6 Å². The molecule has 0 saturated heterocycles. The van der Waals surface area contributed by atoms with E-state index in [0.29, 0.717) is 5.02 Å². The Hall–Kier alpha value is -1.20. The zero-order chi connectivity index (χ0) is 12.6. The minimum absolute atomic E-state index is 0.0654. The quantitative estimate of drug-likeness (QED) is 0.924. The van der Waals surface area contributed by atoms with E-state index in [1.807, 2.05) is 6.07 Å². The molecule has 1 aromatic heterocycles. The first-order chi connectivity index (χ1) is 7.99. The highest BCUT2D eigenvalue weighted by Crippen LogP contribution is 2.22. The highest BCUT2D eigenvalue weighted by Gasteiger charge is 2.10. The lowest BCUT2D eigenvalue weighted by atomic mass is 10.2. The van der Waals surface area contributed by atoms with Crippen LogP contribution in [0.5, 0.6) is 5.88 Å². The maximum atomic E-state index is 11.7. The second-order valence-corrected chi connectivity index (χ2v) is 4.99. The maximum Gasteiger partial charge on any atom is 0.331 e. The van der Waals surface area contributed by atoms with Crippen LogP contribution in [0.25, 0.3) is 0 Å². The van der Waals surface area contributed by atoms with Crippen molar-refractivity contribution in [2.24, 2.45) is 7.05 Å². The standard InChI is InChI=1S/C11H10BrClN2O2/c1-14-6-10(16)15(11(14)17)5-7-4-8(13)2-3-9(7)12/h2-4,6,16H,5H2,1H3. The Morgan fingerprint density at radius 3 is 2.76 bits per heavy atom. The molecule has 0 aliphatic rings. The molecule has 0 saturated carbocycles. The first-order valence-corrected chi connectivity index (χ1v) is 6.05. The number of hydrogen-bond donors (Lipinski definition) is 1. The summed E-state index contributed by atoms with van der Waals surface area (Å²) in [6.45, 7) is 0.270. The SMILES string of the molecule is Cn1cc(O)n(Cc2cc(Cl)ccc2Br)c1=O. The zero-order valence-electron chi connectivity index (χ0n) is 9.02. The van der Waals surface area contributed by atoms with Gasteiger partial charge < -0.3 is 5.11 Å².